The molecule has 1 heteroatoms. The minimum Gasteiger partial charge on any atom is -0.261 e. The van der Waals surface area contributed by atoms with E-state index in [-0.39, 0.29) is 0 Å². The smallest absolute Gasteiger partial charge is 0.0406 e. The number of hydrogen-bond acceptors (Lipinski definition) is 1. The summed E-state index contributed by atoms with van der Waals surface area (Å²) in [6.07, 6.45) is 4.15. The average molecular weight is 225 g/mol. The molecule has 17 heavy (non-hydrogen) atoms. The molecule has 0 saturated carbocycles. The van der Waals surface area contributed by atoms with Crippen molar-refractivity contribution >= 4 is 0 Å². The van der Waals surface area contributed by atoms with Crippen molar-refractivity contribution in [3.63, 3.8) is 0 Å². The summed E-state index contributed by atoms with van der Waals surface area (Å²) in [7, 11) is 0. The summed E-state index contributed by atoms with van der Waals surface area (Å²) in [6.45, 7) is 4.41. The van der Waals surface area contributed by atoms with Crippen molar-refractivity contribution in [3.8, 4) is 0 Å². The van der Waals surface area contributed by atoms with E-state index in [1.807, 2.05) is 18.3 Å². The number of rotatable bonds is 2. The van der Waals surface area contributed by atoms with Crippen molar-refractivity contribution in [2.45, 2.75) is 26.7 Å². The van der Waals surface area contributed by atoms with E-state index < -0.39 is 0 Å². The lowest BCUT2D eigenvalue weighted by Gasteiger charge is -2.11. The van der Waals surface area contributed by atoms with Gasteiger partial charge in [0.1, 0.15) is 0 Å². The summed E-state index contributed by atoms with van der Waals surface area (Å²) >= 11 is 0. The van der Waals surface area contributed by atoms with Gasteiger partial charge in [0.05, 0.1) is 0 Å². The predicted octanol–water partition coefficient (Wildman–Crippen LogP) is 3.87. The van der Waals surface area contributed by atoms with Crippen LogP contribution in [-0.4, -0.2) is 4.98 Å². The summed E-state index contributed by atoms with van der Waals surface area (Å²) in [6, 6.07) is 14.7. The summed E-state index contributed by atoms with van der Waals surface area (Å²) < 4.78 is 0. The van der Waals surface area contributed by atoms with E-state index in [1.165, 1.54) is 23.2 Å². The minimum atomic E-state index is 0.704. The lowest BCUT2D eigenvalue weighted by atomic mass is 9.94. The SMILES string of the molecule is CC(C)Cc1ccccn1.c1cc2cc(c1)C2. The van der Waals surface area contributed by atoms with Gasteiger partial charge in [-0.3, -0.25) is 4.98 Å². The van der Waals surface area contributed by atoms with Gasteiger partial charge in [-0.15, -0.1) is 0 Å². The molecule has 0 atom stereocenters. The van der Waals surface area contributed by atoms with Crippen LogP contribution in [0.15, 0.2) is 48.7 Å². The van der Waals surface area contributed by atoms with E-state index in [9.17, 15) is 0 Å². The standard InChI is InChI=1S/C9H13N.C7H6/c1-8(2)7-9-5-3-4-6-10-9;1-2-6-4-7(3-1)5-6/h3-6,8H,7H2,1-2H3;1-4H,5H2. The van der Waals surface area contributed by atoms with E-state index in [0.29, 0.717) is 5.92 Å². The highest BCUT2D eigenvalue weighted by atomic mass is 14.7. The maximum absolute atomic E-state index is 4.22. The molecule has 0 saturated heterocycles. The van der Waals surface area contributed by atoms with E-state index >= 15 is 0 Å². The minimum absolute atomic E-state index is 0.704. The molecule has 0 fully saturated rings. The molecule has 0 spiro atoms. The zero-order valence-corrected chi connectivity index (χ0v) is 10.6. The van der Waals surface area contributed by atoms with Gasteiger partial charge in [0.15, 0.2) is 0 Å². The Bertz CT molecular complexity index is 435. The first kappa shape index (κ1) is 11.8. The summed E-state index contributed by atoms with van der Waals surface area (Å²) in [5.74, 6) is 0.704. The fourth-order valence-electron chi connectivity index (χ4n) is 1.89. The third-order valence-corrected chi connectivity index (χ3v) is 2.74. The van der Waals surface area contributed by atoms with Gasteiger partial charge in [0.25, 0.3) is 0 Å². The van der Waals surface area contributed by atoms with Crippen LogP contribution in [0.1, 0.15) is 30.7 Å². The molecule has 88 valence electrons. The summed E-state index contributed by atoms with van der Waals surface area (Å²) in [5, 5.41) is 0. The third kappa shape index (κ3) is 3.70. The van der Waals surface area contributed by atoms with Gasteiger partial charge < -0.3 is 0 Å². The van der Waals surface area contributed by atoms with Crippen LogP contribution in [0.5, 0.6) is 0 Å². The number of pyridine rings is 1. The van der Waals surface area contributed by atoms with Gasteiger partial charge in [0, 0.05) is 11.9 Å². The first-order valence-corrected chi connectivity index (χ1v) is 6.22. The Balaban J connectivity index is 0.000000134. The van der Waals surface area contributed by atoms with Crippen molar-refractivity contribution in [1.82, 2.24) is 4.98 Å². The van der Waals surface area contributed by atoms with Crippen LogP contribution < -0.4 is 0 Å². The second kappa shape index (κ2) is 5.62. The molecule has 0 aliphatic heterocycles. The van der Waals surface area contributed by atoms with Crippen LogP contribution in [0.4, 0.5) is 0 Å². The van der Waals surface area contributed by atoms with Crippen LogP contribution in [0, 0.1) is 5.92 Å². The van der Waals surface area contributed by atoms with E-state index in [0.717, 1.165) is 6.42 Å². The molecule has 1 aromatic heterocycles. The van der Waals surface area contributed by atoms with Crippen molar-refractivity contribution in [2.24, 2.45) is 5.92 Å². The van der Waals surface area contributed by atoms with Gasteiger partial charge in [0.2, 0.25) is 0 Å². The van der Waals surface area contributed by atoms with E-state index in [1.54, 1.807) is 0 Å². The lowest BCUT2D eigenvalue weighted by molar-refractivity contribution is 0.635. The van der Waals surface area contributed by atoms with E-state index in [4.69, 9.17) is 0 Å². The van der Waals surface area contributed by atoms with Crippen LogP contribution >= 0.6 is 0 Å². The Morgan fingerprint density at radius 1 is 1.06 bits per heavy atom. The van der Waals surface area contributed by atoms with Crippen molar-refractivity contribution in [1.29, 1.82) is 0 Å². The fraction of sp³-hybridized carbons (Fsp3) is 0.312. The third-order valence-electron chi connectivity index (χ3n) is 2.74. The molecule has 0 N–H and O–H groups in total. The summed E-state index contributed by atoms with van der Waals surface area (Å²) in [5.41, 5.74) is 4.16. The Kier molecular flexibility index (Phi) is 3.92. The van der Waals surface area contributed by atoms with Crippen LogP contribution in [0.25, 0.3) is 0 Å². The zero-order chi connectivity index (χ0) is 12.1. The molecular weight excluding hydrogens is 206 g/mol. The number of benzene rings is 1. The molecule has 2 bridgehead atoms. The van der Waals surface area contributed by atoms with Crippen molar-refractivity contribution in [3.05, 3.63) is 65.5 Å². The van der Waals surface area contributed by atoms with E-state index in [2.05, 4.69) is 49.2 Å². The summed E-state index contributed by atoms with van der Waals surface area (Å²) in [4.78, 5) is 4.22. The zero-order valence-electron chi connectivity index (χ0n) is 10.6. The van der Waals surface area contributed by atoms with Crippen LogP contribution in [-0.2, 0) is 12.8 Å². The monoisotopic (exact) mass is 225 g/mol. The highest BCUT2D eigenvalue weighted by molar-refractivity contribution is 5.37. The normalized spacial score (nSPS) is 11.5. The van der Waals surface area contributed by atoms with Gasteiger partial charge in [-0.1, -0.05) is 44.2 Å². The number of nitrogens with zero attached hydrogens (tertiary/aromatic N) is 1. The van der Waals surface area contributed by atoms with Crippen molar-refractivity contribution < 1.29 is 0 Å². The fourth-order valence-corrected chi connectivity index (χ4v) is 1.89. The predicted molar refractivity (Wildman–Crippen MR) is 72.0 cm³/mol. The van der Waals surface area contributed by atoms with Crippen LogP contribution in [0.3, 0.4) is 0 Å². The topological polar surface area (TPSA) is 12.9 Å². The van der Waals surface area contributed by atoms with Gasteiger partial charge in [-0.05, 0) is 42.0 Å². The highest BCUT2D eigenvalue weighted by Crippen LogP contribution is 2.18. The molecule has 0 radical (unpaired) electrons. The number of fused-ring (bicyclic) bond motifs is 2. The first-order valence-electron chi connectivity index (χ1n) is 6.22. The molecule has 1 aromatic carbocycles. The molecule has 4 rings (SSSR count). The maximum atomic E-state index is 4.22. The lowest BCUT2D eigenvalue weighted by Crippen LogP contribution is -1.97. The molecule has 1 nitrogen and oxygen atoms in total. The molecular formula is C16H19N. The van der Waals surface area contributed by atoms with Gasteiger partial charge >= 0.3 is 0 Å². The molecule has 2 aromatic rings. The molecule has 2 aliphatic carbocycles. The van der Waals surface area contributed by atoms with Crippen molar-refractivity contribution in [2.75, 3.05) is 0 Å². The Labute approximate surface area is 104 Å². The highest BCUT2D eigenvalue weighted by Gasteiger charge is 2.04. The van der Waals surface area contributed by atoms with Crippen LogP contribution in [0.2, 0.25) is 0 Å². The first-order chi connectivity index (χ1) is 8.24. The quantitative estimate of drug-likeness (QED) is 0.645. The largest absolute Gasteiger partial charge is 0.261 e. The molecule has 2 aliphatic rings. The molecule has 1 heterocycles. The van der Waals surface area contributed by atoms with Gasteiger partial charge in [-0.2, -0.15) is 0 Å². The number of hydrogen-bond donors (Lipinski definition) is 0. The Morgan fingerprint density at radius 3 is 2.12 bits per heavy atom. The van der Waals surface area contributed by atoms with Gasteiger partial charge in [-0.25, -0.2) is 0 Å². The Morgan fingerprint density at radius 2 is 1.76 bits per heavy atom. The molecule has 0 amide bonds. The maximum Gasteiger partial charge on any atom is 0.0406 e. The second-order valence-corrected chi connectivity index (χ2v) is 4.92. The Hall–Kier alpha value is -1.63. The second-order valence-electron chi connectivity index (χ2n) is 4.92. The average Bonchev–Trinajstić information content (AvgIpc) is 2.30. The number of aromatic nitrogens is 1. The molecule has 0 unspecified atom stereocenters.